The number of rotatable bonds is 4. The van der Waals surface area contributed by atoms with E-state index < -0.39 is 6.67 Å². The van der Waals surface area contributed by atoms with E-state index in [1.807, 2.05) is 0 Å². The maximum absolute atomic E-state index is 11.7. The van der Waals surface area contributed by atoms with Crippen LogP contribution in [0.25, 0.3) is 0 Å². The Labute approximate surface area is 63.6 Å². The minimum Gasteiger partial charge on any atom is -0.396 e. The number of aliphatic hydroxyl groups is 1. The van der Waals surface area contributed by atoms with Crippen molar-refractivity contribution in [2.75, 3.05) is 13.3 Å². The first kappa shape index (κ1) is 8.13. The van der Waals surface area contributed by atoms with Gasteiger partial charge >= 0.3 is 0 Å². The van der Waals surface area contributed by atoms with Crippen LogP contribution in [0.3, 0.4) is 0 Å². The van der Waals surface area contributed by atoms with E-state index in [2.05, 4.69) is 10.3 Å². The summed E-state index contributed by atoms with van der Waals surface area (Å²) in [6.45, 7) is -0.158. The standard InChI is InChI=1S/C6H10FN3O/c7-2-3-10-5-6(1-4-11)8-9-10/h5,11H,1-4H2. The van der Waals surface area contributed by atoms with Crippen LogP contribution >= 0.6 is 0 Å². The van der Waals surface area contributed by atoms with Crippen LogP contribution in [0.5, 0.6) is 0 Å². The largest absolute Gasteiger partial charge is 0.396 e. The first-order valence-electron chi connectivity index (χ1n) is 3.42. The van der Waals surface area contributed by atoms with Gasteiger partial charge in [0.2, 0.25) is 0 Å². The number of aryl methyl sites for hydroxylation is 1. The maximum Gasteiger partial charge on any atom is 0.109 e. The molecule has 4 nitrogen and oxygen atoms in total. The molecule has 1 aromatic heterocycles. The molecule has 0 aromatic carbocycles. The minimum absolute atomic E-state index is 0.0499. The zero-order valence-corrected chi connectivity index (χ0v) is 6.07. The first-order chi connectivity index (χ1) is 5.36. The van der Waals surface area contributed by atoms with E-state index >= 15 is 0 Å². The molecule has 0 bridgehead atoms. The van der Waals surface area contributed by atoms with Gasteiger partial charge in [-0.05, 0) is 0 Å². The Hall–Kier alpha value is -0.970. The molecule has 0 atom stereocenters. The molecule has 1 heterocycles. The molecular formula is C6H10FN3O. The van der Waals surface area contributed by atoms with Crippen molar-refractivity contribution in [2.45, 2.75) is 13.0 Å². The smallest absolute Gasteiger partial charge is 0.109 e. The van der Waals surface area contributed by atoms with Crippen LogP contribution in [-0.4, -0.2) is 33.4 Å². The van der Waals surface area contributed by atoms with E-state index in [9.17, 15) is 4.39 Å². The highest BCUT2D eigenvalue weighted by Crippen LogP contribution is 1.93. The number of aliphatic hydroxyl groups excluding tert-OH is 1. The third kappa shape index (κ3) is 2.27. The SMILES string of the molecule is OCCc1cn(CCF)nn1. The van der Waals surface area contributed by atoms with Crippen molar-refractivity contribution in [3.8, 4) is 0 Å². The average molecular weight is 159 g/mol. The number of nitrogens with zero attached hydrogens (tertiary/aromatic N) is 3. The van der Waals surface area contributed by atoms with E-state index in [-0.39, 0.29) is 13.2 Å². The van der Waals surface area contributed by atoms with Crippen molar-refractivity contribution in [2.24, 2.45) is 0 Å². The lowest BCUT2D eigenvalue weighted by Crippen LogP contribution is -1.99. The molecule has 0 radical (unpaired) electrons. The summed E-state index contributed by atoms with van der Waals surface area (Å²) in [7, 11) is 0. The van der Waals surface area contributed by atoms with Gasteiger partial charge in [-0.2, -0.15) is 0 Å². The van der Waals surface area contributed by atoms with Gasteiger partial charge < -0.3 is 5.11 Å². The van der Waals surface area contributed by atoms with Crippen molar-refractivity contribution in [3.63, 3.8) is 0 Å². The molecule has 1 rings (SSSR count). The molecule has 0 amide bonds. The van der Waals surface area contributed by atoms with Crippen molar-refractivity contribution in [1.29, 1.82) is 0 Å². The van der Waals surface area contributed by atoms with Crippen molar-refractivity contribution >= 4 is 0 Å². The summed E-state index contributed by atoms with van der Waals surface area (Å²) < 4.78 is 13.2. The molecule has 0 fully saturated rings. The summed E-state index contributed by atoms with van der Waals surface area (Å²) in [6.07, 6.45) is 2.11. The zero-order valence-electron chi connectivity index (χ0n) is 6.07. The van der Waals surface area contributed by atoms with Crippen molar-refractivity contribution in [1.82, 2.24) is 15.0 Å². The summed E-state index contributed by atoms with van der Waals surface area (Å²) in [5.74, 6) is 0. The van der Waals surface area contributed by atoms with Crippen LogP contribution in [0.4, 0.5) is 4.39 Å². The Bertz CT molecular complexity index is 193. The predicted octanol–water partition coefficient (Wildman–Crippen LogP) is -0.218. The molecule has 0 saturated carbocycles. The van der Waals surface area contributed by atoms with E-state index in [0.717, 1.165) is 0 Å². The number of hydrogen-bond acceptors (Lipinski definition) is 3. The third-order valence-electron chi connectivity index (χ3n) is 1.27. The van der Waals surface area contributed by atoms with Gasteiger partial charge in [0, 0.05) is 19.2 Å². The molecule has 0 spiro atoms. The predicted molar refractivity (Wildman–Crippen MR) is 36.8 cm³/mol. The second-order valence-electron chi connectivity index (χ2n) is 2.14. The highest BCUT2D eigenvalue weighted by molar-refractivity contribution is 4.91. The van der Waals surface area contributed by atoms with E-state index in [1.165, 1.54) is 4.68 Å². The lowest BCUT2D eigenvalue weighted by atomic mass is 10.3. The van der Waals surface area contributed by atoms with Gasteiger partial charge in [-0.15, -0.1) is 5.10 Å². The van der Waals surface area contributed by atoms with Gasteiger partial charge in [0.15, 0.2) is 0 Å². The molecule has 0 aliphatic heterocycles. The fourth-order valence-corrected chi connectivity index (χ4v) is 0.764. The normalized spacial score (nSPS) is 10.4. The molecule has 11 heavy (non-hydrogen) atoms. The number of alkyl halides is 1. The quantitative estimate of drug-likeness (QED) is 0.661. The second-order valence-corrected chi connectivity index (χ2v) is 2.14. The summed E-state index contributed by atoms with van der Waals surface area (Å²) in [5, 5.41) is 15.9. The van der Waals surface area contributed by atoms with Crippen LogP contribution in [0.2, 0.25) is 0 Å². The summed E-state index contributed by atoms with van der Waals surface area (Å²) in [5.41, 5.74) is 0.695. The summed E-state index contributed by atoms with van der Waals surface area (Å²) in [6, 6.07) is 0. The maximum atomic E-state index is 11.7. The van der Waals surface area contributed by atoms with E-state index in [1.54, 1.807) is 6.20 Å². The van der Waals surface area contributed by atoms with Gasteiger partial charge in [0.05, 0.1) is 12.2 Å². The van der Waals surface area contributed by atoms with Gasteiger partial charge in [0.1, 0.15) is 6.67 Å². The van der Waals surface area contributed by atoms with Gasteiger partial charge in [-0.25, -0.2) is 9.07 Å². The molecule has 0 unspecified atom stereocenters. The van der Waals surface area contributed by atoms with Crippen LogP contribution in [-0.2, 0) is 13.0 Å². The Morgan fingerprint density at radius 1 is 1.64 bits per heavy atom. The van der Waals surface area contributed by atoms with Crippen LogP contribution in [0.15, 0.2) is 6.20 Å². The number of aromatic nitrogens is 3. The Morgan fingerprint density at radius 2 is 2.45 bits per heavy atom. The minimum atomic E-state index is -0.443. The molecule has 0 aliphatic rings. The number of hydrogen-bond donors (Lipinski definition) is 1. The van der Waals surface area contributed by atoms with Crippen LogP contribution in [0, 0.1) is 0 Å². The zero-order chi connectivity index (χ0) is 8.10. The van der Waals surface area contributed by atoms with Gasteiger partial charge in [-0.3, -0.25) is 0 Å². The van der Waals surface area contributed by atoms with Gasteiger partial charge in [-0.1, -0.05) is 5.21 Å². The fourth-order valence-electron chi connectivity index (χ4n) is 0.764. The molecule has 0 saturated heterocycles. The average Bonchev–Trinajstić information content (AvgIpc) is 2.38. The second kappa shape index (κ2) is 4.02. The van der Waals surface area contributed by atoms with Crippen molar-refractivity contribution in [3.05, 3.63) is 11.9 Å². The lowest BCUT2D eigenvalue weighted by Gasteiger charge is -1.90. The molecule has 62 valence electrons. The van der Waals surface area contributed by atoms with E-state index in [4.69, 9.17) is 5.11 Å². The third-order valence-corrected chi connectivity index (χ3v) is 1.27. The highest BCUT2D eigenvalue weighted by atomic mass is 19.1. The first-order valence-corrected chi connectivity index (χ1v) is 3.42. The fraction of sp³-hybridized carbons (Fsp3) is 0.667. The van der Waals surface area contributed by atoms with Crippen LogP contribution in [0.1, 0.15) is 5.69 Å². The topological polar surface area (TPSA) is 50.9 Å². The Balaban J connectivity index is 2.51. The number of halogens is 1. The van der Waals surface area contributed by atoms with Crippen LogP contribution < -0.4 is 0 Å². The van der Waals surface area contributed by atoms with E-state index in [0.29, 0.717) is 12.1 Å². The Kier molecular flexibility index (Phi) is 2.97. The van der Waals surface area contributed by atoms with Crippen molar-refractivity contribution < 1.29 is 9.50 Å². The molecule has 1 aromatic rings. The molecular weight excluding hydrogens is 149 g/mol. The molecule has 5 heteroatoms. The lowest BCUT2D eigenvalue weighted by molar-refractivity contribution is 0.298. The summed E-state index contributed by atoms with van der Waals surface area (Å²) in [4.78, 5) is 0. The van der Waals surface area contributed by atoms with Gasteiger partial charge in [0.25, 0.3) is 0 Å². The highest BCUT2D eigenvalue weighted by Gasteiger charge is 1.98. The Morgan fingerprint density at radius 3 is 3.09 bits per heavy atom. The monoisotopic (exact) mass is 159 g/mol. The molecule has 0 aliphatic carbocycles. The summed E-state index contributed by atoms with van der Waals surface area (Å²) >= 11 is 0. The molecule has 1 N–H and O–H groups in total.